The van der Waals surface area contributed by atoms with Gasteiger partial charge in [-0.05, 0) is 51.7 Å². The highest BCUT2D eigenvalue weighted by Gasteiger charge is 2.44. The third-order valence-electron chi connectivity index (χ3n) is 4.54. The van der Waals surface area contributed by atoms with Crippen LogP contribution >= 0.6 is 15.9 Å². The van der Waals surface area contributed by atoms with Crippen LogP contribution in [0.2, 0.25) is 0 Å². The van der Waals surface area contributed by atoms with Crippen molar-refractivity contribution in [2.24, 2.45) is 5.92 Å². The molecule has 3 rings (SSSR count). The van der Waals surface area contributed by atoms with E-state index in [0.29, 0.717) is 13.0 Å². The summed E-state index contributed by atoms with van der Waals surface area (Å²) in [5.41, 5.74) is 1.34. The first kappa shape index (κ1) is 16.5. The molecule has 5 heteroatoms. The molecule has 2 atom stereocenters. The normalized spacial score (nSPS) is 24.0. The SMILES string of the molecule is CC(C)(C)OC(=O)N1CCCC1C1Cc2c(Br)cccc2C1=O. The zero-order valence-electron chi connectivity index (χ0n) is 13.8. The van der Waals surface area contributed by atoms with Crippen molar-refractivity contribution in [1.82, 2.24) is 4.90 Å². The first-order valence-corrected chi connectivity index (χ1v) is 8.88. The minimum Gasteiger partial charge on any atom is -0.444 e. The zero-order valence-corrected chi connectivity index (χ0v) is 15.4. The average molecular weight is 380 g/mol. The highest BCUT2D eigenvalue weighted by atomic mass is 79.9. The predicted octanol–water partition coefficient (Wildman–Crippen LogP) is 4.20. The summed E-state index contributed by atoms with van der Waals surface area (Å²) in [6.45, 7) is 6.26. The van der Waals surface area contributed by atoms with Crippen molar-refractivity contribution in [3.63, 3.8) is 0 Å². The highest BCUT2D eigenvalue weighted by molar-refractivity contribution is 9.10. The third kappa shape index (κ3) is 3.16. The van der Waals surface area contributed by atoms with E-state index in [-0.39, 0.29) is 23.8 Å². The zero-order chi connectivity index (χ0) is 16.8. The van der Waals surface area contributed by atoms with Crippen LogP contribution in [0.4, 0.5) is 4.79 Å². The Balaban J connectivity index is 1.81. The lowest BCUT2D eigenvalue weighted by Crippen LogP contribution is -2.44. The van der Waals surface area contributed by atoms with E-state index in [1.165, 1.54) is 0 Å². The number of nitrogens with zero attached hydrogens (tertiary/aromatic N) is 1. The van der Waals surface area contributed by atoms with Crippen molar-refractivity contribution in [3.05, 3.63) is 33.8 Å². The molecule has 1 amide bonds. The number of Topliss-reactive ketones (excluding diaryl/α,β-unsaturated/α-hetero) is 1. The molecule has 0 N–H and O–H groups in total. The number of hydrogen-bond acceptors (Lipinski definition) is 3. The molecule has 0 aromatic heterocycles. The van der Waals surface area contributed by atoms with E-state index in [1.807, 2.05) is 39.0 Å². The molecule has 1 aromatic carbocycles. The van der Waals surface area contributed by atoms with Crippen LogP contribution in [-0.4, -0.2) is 35.0 Å². The first-order valence-electron chi connectivity index (χ1n) is 8.09. The largest absolute Gasteiger partial charge is 0.444 e. The Hall–Kier alpha value is -1.36. The Labute approximate surface area is 145 Å². The van der Waals surface area contributed by atoms with Crippen molar-refractivity contribution < 1.29 is 14.3 Å². The molecule has 124 valence electrons. The number of fused-ring (bicyclic) bond motifs is 1. The molecule has 1 aliphatic heterocycles. The lowest BCUT2D eigenvalue weighted by atomic mass is 9.93. The second-order valence-corrected chi connectivity index (χ2v) is 8.18. The van der Waals surface area contributed by atoms with Gasteiger partial charge in [0.25, 0.3) is 0 Å². The predicted molar refractivity (Wildman–Crippen MR) is 91.6 cm³/mol. The van der Waals surface area contributed by atoms with Gasteiger partial charge in [-0.1, -0.05) is 28.1 Å². The summed E-state index contributed by atoms with van der Waals surface area (Å²) >= 11 is 3.54. The van der Waals surface area contributed by atoms with Crippen molar-refractivity contribution >= 4 is 27.8 Å². The molecular weight excluding hydrogens is 358 g/mol. The van der Waals surface area contributed by atoms with Crippen molar-refractivity contribution in [2.75, 3.05) is 6.54 Å². The van der Waals surface area contributed by atoms with Crippen molar-refractivity contribution in [1.29, 1.82) is 0 Å². The number of carbonyl (C=O) groups excluding carboxylic acids is 2. The van der Waals surface area contributed by atoms with Crippen LogP contribution in [0, 0.1) is 5.92 Å². The topological polar surface area (TPSA) is 46.6 Å². The van der Waals surface area contributed by atoms with Crippen LogP contribution in [0.1, 0.15) is 49.5 Å². The average Bonchev–Trinajstić information content (AvgIpc) is 3.03. The molecule has 1 heterocycles. The molecule has 1 saturated heterocycles. The molecule has 2 unspecified atom stereocenters. The summed E-state index contributed by atoms with van der Waals surface area (Å²) < 4.78 is 6.49. The van der Waals surface area contributed by atoms with Crippen LogP contribution in [-0.2, 0) is 11.2 Å². The molecule has 1 aliphatic carbocycles. The summed E-state index contributed by atoms with van der Waals surface area (Å²) in [7, 11) is 0. The van der Waals surface area contributed by atoms with E-state index >= 15 is 0 Å². The van der Waals surface area contributed by atoms with Gasteiger partial charge in [0.2, 0.25) is 0 Å². The Kier molecular flexibility index (Phi) is 4.25. The minimum atomic E-state index is -0.518. The van der Waals surface area contributed by atoms with Gasteiger partial charge in [0, 0.05) is 28.5 Å². The number of benzene rings is 1. The van der Waals surface area contributed by atoms with Gasteiger partial charge in [0.1, 0.15) is 5.60 Å². The molecular formula is C18H22BrNO3. The summed E-state index contributed by atoms with van der Waals surface area (Å²) in [6.07, 6.45) is 2.18. The molecule has 0 spiro atoms. The van der Waals surface area contributed by atoms with Crippen LogP contribution in [0.3, 0.4) is 0 Å². The number of amides is 1. The molecule has 0 radical (unpaired) electrons. The highest BCUT2D eigenvalue weighted by Crippen LogP contribution is 2.38. The number of ketones is 1. The number of likely N-dealkylation sites (tertiary alicyclic amines) is 1. The molecule has 0 saturated carbocycles. The van der Waals surface area contributed by atoms with E-state index < -0.39 is 5.60 Å². The maximum absolute atomic E-state index is 12.8. The number of hydrogen-bond donors (Lipinski definition) is 0. The minimum absolute atomic E-state index is 0.0587. The Morgan fingerprint density at radius 1 is 1.35 bits per heavy atom. The van der Waals surface area contributed by atoms with E-state index in [0.717, 1.165) is 28.4 Å². The van der Waals surface area contributed by atoms with Gasteiger partial charge in [0.15, 0.2) is 5.78 Å². The fraction of sp³-hybridized carbons (Fsp3) is 0.556. The quantitative estimate of drug-likeness (QED) is 0.734. The van der Waals surface area contributed by atoms with Gasteiger partial charge >= 0.3 is 6.09 Å². The van der Waals surface area contributed by atoms with Crippen LogP contribution in [0.25, 0.3) is 0 Å². The van der Waals surface area contributed by atoms with Crippen LogP contribution < -0.4 is 0 Å². The number of ether oxygens (including phenoxy) is 1. The van der Waals surface area contributed by atoms with E-state index in [4.69, 9.17) is 4.74 Å². The summed E-state index contributed by atoms with van der Waals surface area (Å²) in [5, 5.41) is 0. The maximum atomic E-state index is 12.8. The molecule has 0 bridgehead atoms. The van der Waals surface area contributed by atoms with Crippen molar-refractivity contribution in [3.8, 4) is 0 Å². The Bertz CT molecular complexity index is 650. The molecule has 1 aromatic rings. The lowest BCUT2D eigenvalue weighted by molar-refractivity contribution is 0.0185. The Morgan fingerprint density at radius 2 is 2.09 bits per heavy atom. The van der Waals surface area contributed by atoms with Crippen LogP contribution in [0.15, 0.2) is 22.7 Å². The van der Waals surface area contributed by atoms with Gasteiger partial charge in [-0.15, -0.1) is 0 Å². The monoisotopic (exact) mass is 379 g/mol. The van der Waals surface area contributed by atoms with Gasteiger partial charge in [-0.2, -0.15) is 0 Å². The number of carbonyl (C=O) groups is 2. The number of halogens is 1. The summed E-state index contributed by atoms with van der Waals surface area (Å²) in [5.74, 6) is 0.000442. The number of rotatable bonds is 1. The molecule has 23 heavy (non-hydrogen) atoms. The van der Waals surface area contributed by atoms with Gasteiger partial charge in [-0.25, -0.2) is 4.79 Å². The molecule has 1 fully saturated rings. The first-order chi connectivity index (χ1) is 10.8. The van der Waals surface area contributed by atoms with Gasteiger partial charge < -0.3 is 9.64 Å². The smallest absolute Gasteiger partial charge is 0.410 e. The fourth-order valence-corrected chi connectivity index (χ4v) is 4.11. The lowest BCUT2D eigenvalue weighted by Gasteiger charge is -2.31. The summed E-state index contributed by atoms with van der Waals surface area (Å²) in [6, 6.07) is 5.68. The van der Waals surface area contributed by atoms with E-state index in [9.17, 15) is 9.59 Å². The standard InChI is InChI=1S/C18H22BrNO3/c1-18(2,3)23-17(22)20-9-5-8-15(20)13-10-12-11(16(13)21)6-4-7-14(12)19/h4,6-7,13,15H,5,8-10H2,1-3H3. The van der Waals surface area contributed by atoms with Gasteiger partial charge in [0.05, 0.1) is 0 Å². The summed E-state index contributed by atoms with van der Waals surface area (Å²) in [4.78, 5) is 27.0. The fourth-order valence-electron chi connectivity index (χ4n) is 3.58. The van der Waals surface area contributed by atoms with E-state index in [2.05, 4.69) is 15.9 Å². The van der Waals surface area contributed by atoms with Gasteiger partial charge in [-0.3, -0.25) is 4.79 Å². The molecule has 4 nitrogen and oxygen atoms in total. The maximum Gasteiger partial charge on any atom is 0.410 e. The van der Waals surface area contributed by atoms with E-state index in [1.54, 1.807) is 4.90 Å². The molecule has 2 aliphatic rings. The van der Waals surface area contributed by atoms with Crippen LogP contribution in [0.5, 0.6) is 0 Å². The second kappa shape index (κ2) is 5.93. The second-order valence-electron chi connectivity index (χ2n) is 7.32. The van der Waals surface area contributed by atoms with Crippen molar-refractivity contribution in [2.45, 2.75) is 51.7 Å². The Morgan fingerprint density at radius 3 is 2.74 bits per heavy atom. The third-order valence-corrected chi connectivity index (χ3v) is 5.28.